The van der Waals surface area contributed by atoms with E-state index in [1.54, 1.807) is 13.0 Å². The lowest BCUT2D eigenvalue weighted by molar-refractivity contribution is -0.172. The molecule has 0 radical (unpaired) electrons. The summed E-state index contributed by atoms with van der Waals surface area (Å²) in [4.78, 5) is 57.3. The Morgan fingerprint density at radius 2 is 2.05 bits per heavy atom. The van der Waals surface area contributed by atoms with Crippen LogP contribution in [0.1, 0.15) is 60.5 Å². The van der Waals surface area contributed by atoms with E-state index in [0.717, 1.165) is 0 Å². The highest BCUT2D eigenvalue weighted by atomic mass is 35.5. The van der Waals surface area contributed by atoms with Crippen LogP contribution in [0.25, 0.3) is 22.3 Å². The summed E-state index contributed by atoms with van der Waals surface area (Å²) in [6.45, 7) is 2.15. The Bertz CT molecular complexity index is 1770. The number of pyridine rings is 2. The number of esters is 1. The highest BCUT2D eigenvalue weighted by Gasteiger charge is 2.46. The Balaban J connectivity index is 1.53. The van der Waals surface area contributed by atoms with E-state index in [2.05, 4.69) is 5.32 Å². The molecule has 6 rings (SSSR count). The molecule has 3 N–H and O–H groups in total. The van der Waals surface area contributed by atoms with Crippen molar-refractivity contribution in [2.75, 3.05) is 19.7 Å². The minimum atomic E-state index is -2.00. The van der Waals surface area contributed by atoms with Gasteiger partial charge in [-0.2, -0.15) is 0 Å². The number of fused-ring (bicyclic) bond motifs is 5. The van der Waals surface area contributed by atoms with Crippen LogP contribution in [0.5, 0.6) is 0 Å². The fraction of sp³-hybridized carbons (Fsp3) is 0.414. The zero-order valence-electron chi connectivity index (χ0n) is 22.9. The zero-order chi connectivity index (χ0) is 30.1. The Kier molecular flexibility index (Phi) is 6.82. The van der Waals surface area contributed by atoms with Crippen LogP contribution in [0.2, 0.25) is 5.02 Å². The van der Waals surface area contributed by atoms with Gasteiger partial charge in [0.1, 0.15) is 12.4 Å². The molecule has 3 aromatic rings. The minimum absolute atomic E-state index is 0.000737. The second-order valence-electron chi connectivity index (χ2n) is 10.8. The number of hydrogen-bond donors (Lipinski definition) is 3. The summed E-state index contributed by atoms with van der Waals surface area (Å²) in [5.41, 5.74) is 0.701. The molecule has 2 atom stereocenters. The number of aromatic nitrogens is 2. The lowest BCUT2D eigenvalue weighted by Crippen LogP contribution is -2.44. The fourth-order valence-electron chi connectivity index (χ4n) is 6.38. The first-order valence-corrected chi connectivity index (χ1v) is 14.0. The highest BCUT2D eigenvalue weighted by molar-refractivity contribution is 6.32. The largest absolute Gasteiger partial charge is 0.458 e. The van der Waals surface area contributed by atoms with Crippen molar-refractivity contribution in [1.29, 1.82) is 0 Å². The predicted molar refractivity (Wildman–Crippen MR) is 148 cm³/mol. The molecule has 2 aromatic heterocycles. The van der Waals surface area contributed by atoms with Crippen molar-refractivity contribution in [3.63, 3.8) is 0 Å². The number of nitrogens with one attached hydrogen (secondary N) is 1. The summed E-state index contributed by atoms with van der Waals surface area (Å²) >= 11 is 6.40. The number of rotatable bonds is 6. The molecule has 2 aliphatic heterocycles. The summed E-state index contributed by atoms with van der Waals surface area (Å²) in [6.07, 6.45) is 0.704. The van der Waals surface area contributed by atoms with E-state index in [4.69, 9.17) is 21.3 Å². The molecule has 1 aliphatic carbocycles. The molecule has 220 valence electrons. The standard InChI is InChI=1S/C29H28ClFN4O7/c1-3-29(41)17-8-21-26-15(10-35(21)27(39)16(17)12-42-28(29)40)24-19(32-22(38)11-34(6-7-36)13(2)37)5-4-14-23(24)20(33-26)9-18(31)25(14)30/h8-9,19,36,41H,3-7,10-12H2,1-2H3,(H,32,38)/t19-,29-/m0/s1. The van der Waals surface area contributed by atoms with Crippen molar-refractivity contribution in [1.82, 2.24) is 19.8 Å². The van der Waals surface area contributed by atoms with E-state index in [1.165, 1.54) is 22.5 Å². The van der Waals surface area contributed by atoms with E-state index < -0.39 is 34.9 Å². The third-order valence-corrected chi connectivity index (χ3v) is 8.94. The van der Waals surface area contributed by atoms with Gasteiger partial charge in [0.05, 0.1) is 53.2 Å². The molecule has 4 heterocycles. The van der Waals surface area contributed by atoms with E-state index in [0.29, 0.717) is 46.3 Å². The Morgan fingerprint density at radius 1 is 1.29 bits per heavy atom. The number of aryl methyl sites for hydroxylation is 1. The maximum atomic E-state index is 14.9. The average molecular weight is 599 g/mol. The van der Waals surface area contributed by atoms with Crippen LogP contribution in [-0.4, -0.2) is 62.1 Å². The molecule has 0 fully saturated rings. The van der Waals surface area contributed by atoms with Crippen molar-refractivity contribution >= 4 is 40.3 Å². The smallest absolute Gasteiger partial charge is 0.343 e. The first-order chi connectivity index (χ1) is 20.0. The number of cyclic esters (lactones) is 1. The number of hydrogen-bond acceptors (Lipinski definition) is 8. The van der Waals surface area contributed by atoms with Crippen LogP contribution >= 0.6 is 11.6 Å². The van der Waals surface area contributed by atoms with Crippen LogP contribution in [-0.2, 0) is 44.3 Å². The second kappa shape index (κ2) is 10.1. The van der Waals surface area contributed by atoms with Crippen LogP contribution in [0.3, 0.4) is 0 Å². The lowest BCUT2D eigenvalue weighted by Gasteiger charge is -2.31. The Morgan fingerprint density at radius 3 is 2.74 bits per heavy atom. The quantitative estimate of drug-likeness (QED) is 0.284. The summed E-state index contributed by atoms with van der Waals surface area (Å²) in [5.74, 6) is -2.31. The molecule has 42 heavy (non-hydrogen) atoms. The SMILES string of the molecule is CC[C@@]1(O)C(=O)OCc2c1cc1n(c2=O)Cc2c-1nc1cc(F)c(Cl)c3c1c2[C@@H](NC(=O)CN(CCO)C(C)=O)CC3. The Labute approximate surface area is 243 Å². The molecule has 0 saturated carbocycles. The van der Waals surface area contributed by atoms with Crippen molar-refractivity contribution in [3.05, 3.63) is 61.1 Å². The number of carbonyl (C=O) groups excluding carboxylic acids is 3. The minimum Gasteiger partial charge on any atom is -0.458 e. The van der Waals surface area contributed by atoms with Crippen molar-refractivity contribution in [2.45, 2.75) is 57.9 Å². The maximum Gasteiger partial charge on any atom is 0.343 e. The Hall–Kier alpha value is -3.87. The molecule has 2 amide bonds. The van der Waals surface area contributed by atoms with Gasteiger partial charge < -0.3 is 29.7 Å². The summed E-state index contributed by atoms with van der Waals surface area (Å²) < 4.78 is 21.6. The summed E-state index contributed by atoms with van der Waals surface area (Å²) in [6, 6.07) is 2.21. The van der Waals surface area contributed by atoms with Gasteiger partial charge in [-0.05, 0) is 36.5 Å². The van der Waals surface area contributed by atoms with Gasteiger partial charge in [0.15, 0.2) is 5.60 Å². The van der Waals surface area contributed by atoms with Crippen molar-refractivity contribution in [3.8, 4) is 11.4 Å². The second-order valence-corrected chi connectivity index (χ2v) is 11.2. The lowest BCUT2D eigenvalue weighted by atomic mass is 9.83. The normalized spacial score (nSPS) is 20.0. The molecule has 11 nitrogen and oxygen atoms in total. The molecular weight excluding hydrogens is 571 g/mol. The number of halogens is 2. The average Bonchev–Trinajstić information content (AvgIpc) is 3.32. The van der Waals surface area contributed by atoms with Crippen LogP contribution < -0.4 is 10.9 Å². The molecule has 13 heteroatoms. The topological polar surface area (TPSA) is 151 Å². The zero-order valence-corrected chi connectivity index (χ0v) is 23.7. The number of benzene rings is 1. The van der Waals surface area contributed by atoms with Gasteiger partial charge in [-0.3, -0.25) is 14.4 Å². The van der Waals surface area contributed by atoms with Gasteiger partial charge in [0, 0.05) is 36.0 Å². The summed E-state index contributed by atoms with van der Waals surface area (Å²) in [5, 5.41) is 24.0. The van der Waals surface area contributed by atoms with E-state index in [1.807, 2.05) is 0 Å². The monoisotopic (exact) mass is 598 g/mol. The van der Waals surface area contributed by atoms with E-state index in [-0.39, 0.29) is 66.8 Å². The number of aliphatic hydroxyl groups is 2. The van der Waals surface area contributed by atoms with Gasteiger partial charge in [0.25, 0.3) is 5.56 Å². The van der Waals surface area contributed by atoms with E-state index >= 15 is 0 Å². The third kappa shape index (κ3) is 4.11. The first kappa shape index (κ1) is 28.3. The summed E-state index contributed by atoms with van der Waals surface area (Å²) in [7, 11) is 0. The third-order valence-electron chi connectivity index (χ3n) is 8.53. The number of ether oxygens (including phenoxy) is 1. The van der Waals surface area contributed by atoms with Crippen LogP contribution in [0.15, 0.2) is 16.9 Å². The number of aliphatic hydroxyl groups excluding tert-OH is 1. The molecule has 0 unspecified atom stereocenters. The fourth-order valence-corrected chi connectivity index (χ4v) is 6.62. The highest BCUT2D eigenvalue weighted by Crippen LogP contribution is 2.46. The molecule has 0 saturated heterocycles. The van der Waals surface area contributed by atoms with Crippen LogP contribution in [0, 0.1) is 5.82 Å². The van der Waals surface area contributed by atoms with Gasteiger partial charge in [-0.15, -0.1) is 0 Å². The number of nitrogens with zero attached hydrogens (tertiary/aromatic N) is 3. The first-order valence-electron chi connectivity index (χ1n) is 13.7. The maximum absolute atomic E-state index is 14.9. The van der Waals surface area contributed by atoms with Crippen LogP contribution in [0.4, 0.5) is 4.39 Å². The molecule has 1 aromatic carbocycles. The number of carbonyl (C=O) groups is 3. The van der Waals surface area contributed by atoms with E-state index in [9.17, 15) is 33.8 Å². The van der Waals surface area contributed by atoms with Gasteiger partial charge in [-0.1, -0.05) is 18.5 Å². The number of amides is 2. The van der Waals surface area contributed by atoms with Gasteiger partial charge in [0.2, 0.25) is 11.8 Å². The predicted octanol–water partition coefficient (Wildman–Crippen LogP) is 1.82. The van der Waals surface area contributed by atoms with Gasteiger partial charge >= 0.3 is 5.97 Å². The molecule has 0 spiro atoms. The molecular formula is C29H28ClFN4O7. The van der Waals surface area contributed by atoms with Gasteiger partial charge in [-0.25, -0.2) is 14.2 Å². The molecule has 3 aliphatic rings. The molecule has 0 bridgehead atoms. The van der Waals surface area contributed by atoms with Crippen molar-refractivity contribution < 1.29 is 33.7 Å². The van der Waals surface area contributed by atoms with Crippen molar-refractivity contribution in [2.24, 2.45) is 0 Å².